The van der Waals surface area contributed by atoms with E-state index in [0.29, 0.717) is 12.0 Å². The first-order valence-electron chi connectivity index (χ1n) is 7.19. The minimum absolute atomic E-state index is 0.161. The van der Waals surface area contributed by atoms with Gasteiger partial charge in [-0.1, -0.05) is 12.1 Å². The van der Waals surface area contributed by atoms with Gasteiger partial charge in [0.25, 0.3) is 5.91 Å². The highest BCUT2D eigenvalue weighted by molar-refractivity contribution is 5.94. The van der Waals surface area contributed by atoms with Crippen molar-refractivity contribution in [3.8, 4) is 6.07 Å². The Morgan fingerprint density at radius 3 is 2.78 bits per heavy atom. The zero-order valence-corrected chi connectivity index (χ0v) is 12.2. The molecule has 3 rings (SSSR count). The van der Waals surface area contributed by atoms with Crippen molar-refractivity contribution in [2.45, 2.75) is 18.6 Å². The predicted octanol–water partition coefficient (Wildman–Crippen LogP) is 2.04. The van der Waals surface area contributed by atoms with Crippen molar-refractivity contribution in [1.82, 2.24) is 9.88 Å². The second-order valence-electron chi connectivity index (χ2n) is 5.46. The van der Waals surface area contributed by atoms with Gasteiger partial charge in [-0.3, -0.25) is 4.79 Å². The van der Waals surface area contributed by atoms with Gasteiger partial charge in [-0.25, -0.2) is 9.37 Å². The van der Waals surface area contributed by atoms with E-state index in [-0.39, 0.29) is 30.0 Å². The second kappa shape index (κ2) is 6.15. The molecule has 0 spiro atoms. The molecule has 5 nitrogen and oxygen atoms in total. The average molecular weight is 311 g/mol. The number of nitriles is 1. The number of aromatic nitrogens is 1. The maximum Gasteiger partial charge on any atom is 0.254 e. The SMILES string of the molecule is N#Cc1cc(C(=O)N2C[C@H](O)C[C@@H]2c2ccc(F)cc2)ccn1. The predicted molar refractivity (Wildman–Crippen MR) is 79.8 cm³/mol. The lowest BCUT2D eigenvalue weighted by atomic mass is 10.0. The molecule has 1 N–H and O–H groups in total. The van der Waals surface area contributed by atoms with Gasteiger partial charge in [-0.05, 0) is 36.2 Å². The maximum atomic E-state index is 13.1. The lowest BCUT2D eigenvalue weighted by Gasteiger charge is -2.25. The van der Waals surface area contributed by atoms with Crippen molar-refractivity contribution in [3.05, 3.63) is 65.2 Å². The number of benzene rings is 1. The van der Waals surface area contributed by atoms with Crippen LogP contribution in [0.15, 0.2) is 42.6 Å². The summed E-state index contributed by atoms with van der Waals surface area (Å²) in [5.41, 5.74) is 1.28. The topological polar surface area (TPSA) is 77.2 Å². The van der Waals surface area contributed by atoms with E-state index in [2.05, 4.69) is 4.98 Å². The Balaban J connectivity index is 1.91. The zero-order valence-electron chi connectivity index (χ0n) is 12.2. The van der Waals surface area contributed by atoms with Crippen LogP contribution in [0, 0.1) is 17.1 Å². The number of amides is 1. The number of nitrogens with zero attached hydrogens (tertiary/aromatic N) is 3. The molecule has 1 aromatic carbocycles. The van der Waals surface area contributed by atoms with Crippen LogP contribution in [0.25, 0.3) is 0 Å². The van der Waals surface area contributed by atoms with Crippen molar-refractivity contribution in [2.75, 3.05) is 6.54 Å². The molecule has 1 fully saturated rings. The molecule has 1 aliphatic heterocycles. The molecule has 6 heteroatoms. The van der Waals surface area contributed by atoms with Crippen LogP contribution >= 0.6 is 0 Å². The van der Waals surface area contributed by atoms with Gasteiger partial charge in [0.1, 0.15) is 17.6 Å². The molecule has 116 valence electrons. The van der Waals surface area contributed by atoms with E-state index in [4.69, 9.17) is 5.26 Å². The summed E-state index contributed by atoms with van der Waals surface area (Å²) in [4.78, 5) is 18.1. The standard InChI is InChI=1S/C17H14FN3O2/c18-13-3-1-11(2-4-13)16-8-15(22)10-21(16)17(23)12-5-6-20-14(7-12)9-19/h1-7,15-16,22H,8,10H2/t15-,16-/m1/s1. The Morgan fingerprint density at radius 1 is 1.35 bits per heavy atom. The van der Waals surface area contributed by atoms with E-state index in [1.165, 1.54) is 30.5 Å². The highest BCUT2D eigenvalue weighted by atomic mass is 19.1. The number of likely N-dealkylation sites (tertiary alicyclic amines) is 1. The quantitative estimate of drug-likeness (QED) is 0.920. The summed E-state index contributed by atoms with van der Waals surface area (Å²) in [5, 5.41) is 18.8. The second-order valence-corrected chi connectivity index (χ2v) is 5.46. The van der Waals surface area contributed by atoms with Gasteiger partial charge in [-0.15, -0.1) is 0 Å². The van der Waals surface area contributed by atoms with Crippen molar-refractivity contribution in [3.63, 3.8) is 0 Å². The zero-order chi connectivity index (χ0) is 16.4. The van der Waals surface area contributed by atoms with E-state index >= 15 is 0 Å². The first kappa shape index (κ1) is 15.1. The van der Waals surface area contributed by atoms with Crippen molar-refractivity contribution in [2.24, 2.45) is 0 Å². The van der Waals surface area contributed by atoms with Gasteiger partial charge in [0, 0.05) is 18.3 Å². The molecule has 0 aliphatic carbocycles. The van der Waals surface area contributed by atoms with Crippen molar-refractivity contribution >= 4 is 5.91 Å². The molecular weight excluding hydrogens is 297 g/mol. The largest absolute Gasteiger partial charge is 0.391 e. The van der Waals surface area contributed by atoms with Gasteiger partial charge in [0.15, 0.2) is 0 Å². The lowest BCUT2D eigenvalue weighted by Crippen LogP contribution is -2.31. The molecular formula is C17H14FN3O2. The smallest absolute Gasteiger partial charge is 0.254 e. The summed E-state index contributed by atoms with van der Waals surface area (Å²) in [6, 6.07) is 10.4. The van der Waals surface area contributed by atoms with Gasteiger partial charge in [0.05, 0.1) is 12.1 Å². The van der Waals surface area contributed by atoms with E-state index in [9.17, 15) is 14.3 Å². The third-order valence-electron chi connectivity index (χ3n) is 3.92. The van der Waals surface area contributed by atoms with E-state index in [1.807, 2.05) is 6.07 Å². The van der Waals surface area contributed by atoms with E-state index < -0.39 is 6.10 Å². The van der Waals surface area contributed by atoms with Crippen LogP contribution in [0.2, 0.25) is 0 Å². The molecule has 2 atom stereocenters. The van der Waals surface area contributed by atoms with Crippen molar-refractivity contribution in [1.29, 1.82) is 5.26 Å². The Morgan fingerprint density at radius 2 is 2.09 bits per heavy atom. The number of aliphatic hydroxyl groups excluding tert-OH is 1. The average Bonchev–Trinajstić information content (AvgIpc) is 2.96. The Kier molecular flexibility index (Phi) is 4.04. The maximum absolute atomic E-state index is 13.1. The molecule has 2 heterocycles. The van der Waals surface area contributed by atoms with Crippen LogP contribution in [-0.2, 0) is 0 Å². The normalized spacial score (nSPS) is 20.3. The number of halogens is 1. The van der Waals surface area contributed by atoms with Gasteiger partial charge in [-0.2, -0.15) is 5.26 Å². The third-order valence-corrected chi connectivity index (χ3v) is 3.92. The number of hydrogen-bond donors (Lipinski definition) is 1. The minimum Gasteiger partial charge on any atom is -0.391 e. The van der Waals surface area contributed by atoms with Crippen LogP contribution in [0.5, 0.6) is 0 Å². The molecule has 1 saturated heterocycles. The van der Waals surface area contributed by atoms with Crippen LogP contribution in [0.1, 0.15) is 34.1 Å². The fourth-order valence-corrected chi connectivity index (χ4v) is 2.83. The Bertz CT molecular complexity index is 770. The first-order chi connectivity index (χ1) is 11.1. The summed E-state index contributed by atoms with van der Waals surface area (Å²) in [5.74, 6) is -0.632. The van der Waals surface area contributed by atoms with Crippen LogP contribution in [-0.4, -0.2) is 33.5 Å². The van der Waals surface area contributed by atoms with Crippen molar-refractivity contribution < 1.29 is 14.3 Å². The summed E-state index contributed by atoms with van der Waals surface area (Å²) in [7, 11) is 0. The highest BCUT2D eigenvalue weighted by Gasteiger charge is 2.35. The van der Waals surface area contributed by atoms with Crippen LogP contribution in [0.3, 0.4) is 0 Å². The number of β-amino-alcohol motifs (C(OH)–C–C–N with tert-alkyl or cyclic N) is 1. The van der Waals surface area contributed by atoms with Crippen LogP contribution in [0.4, 0.5) is 4.39 Å². The summed E-state index contributed by atoms with van der Waals surface area (Å²) in [6.45, 7) is 0.199. The number of carbonyl (C=O) groups excluding carboxylic acids is 1. The molecule has 23 heavy (non-hydrogen) atoms. The summed E-state index contributed by atoms with van der Waals surface area (Å²) >= 11 is 0. The van der Waals surface area contributed by atoms with Gasteiger partial charge in [0.2, 0.25) is 0 Å². The number of hydrogen-bond acceptors (Lipinski definition) is 4. The molecule has 0 bridgehead atoms. The minimum atomic E-state index is -0.633. The van der Waals surface area contributed by atoms with E-state index in [1.54, 1.807) is 17.0 Å². The number of aliphatic hydroxyl groups is 1. The van der Waals surface area contributed by atoms with E-state index in [0.717, 1.165) is 5.56 Å². The molecule has 0 radical (unpaired) electrons. The van der Waals surface area contributed by atoms with Crippen LogP contribution < -0.4 is 0 Å². The molecule has 1 amide bonds. The van der Waals surface area contributed by atoms with Gasteiger partial charge < -0.3 is 10.0 Å². The third kappa shape index (κ3) is 3.05. The molecule has 0 unspecified atom stereocenters. The summed E-state index contributed by atoms with van der Waals surface area (Å²) in [6.07, 6.45) is 1.17. The molecule has 2 aromatic rings. The van der Waals surface area contributed by atoms with Gasteiger partial charge >= 0.3 is 0 Å². The first-order valence-corrected chi connectivity index (χ1v) is 7.19. The fourth-order valence-electron chi connectivity index (χ4n) is 2.83. The Labute approximate surface area is 132 Å². The monoisotopic (exact) mass is 311 g/mol. The number of rotatable bonds is 2. The number of pyridine rings is 1. The fraction of sp³-hybridized carbons (Fsp3) is 0.235. The molecule has 1 aromatic heterocycles. The molecule has 1 aliphatic rings. The number of carbonyl (C=O) groups is 1. The summed E-state index contributed by atoms with van der Waals surface area (Å²) < 4.78 is 13.1. The molecule has 0 saturated carbocycles. The lowest BCUT2D eigenvalue weighted by molar-refractivity contribution is 0.0715. The Hall–Kier alpha value is -2.78. The highest BCUT2D eigenvalue weighted by Crippen LogP contribution is 2.33.